The molecule has 0 spiro atoms. The number of nitrogens with zero attached hydrogens (tertiary/aromatic N) is 2. The Morgan fingerprint density at radius 2 is 1.71 bits per heavy atom. The van der Waals surface area contributed by atoms with Crippen LogP contribution in [0.3, 0.4) is 0 Å². The van der Waals surface area contributed by atoms with E-state index in [9.17, 15) is 5.11 Å². The molecule has 3 nitrogen and oxygen atoms in total. The number of azo groups is 1. The van der Waals surface area contributed by atoms with E-state index < -0.39 is 0 Å². The van der Waals surface area contributed by atoms with Crippen molar-refractivity contribution in [2.24, 2.45) is 10.2 Å². The quantitative estimate of drug-likeness (QED) is 0.545. The molecule has 0 bridgehead atoms. The minimum absolute atomic E-state index is 0.0203. The zero-order valence-electron chi connectivity index (χ0n) is 15.0. The number of phenolic OH excluding ortho intramolecular Hbond substituents is 1. The van der Waals surface area contributed by atoms with Gasteiger partial charge in [-0.3, -0.25) is 0 Å². The van der Waals surface area contributed by atoms with Crippen LogP contribution in [0.15, 0.2) is 51.1 Å². The lowest BCUT2D eigenvalue weighted by atomic mass is 9.83. The number of phenols is 1. The van der Waals surface area contributed by atoms with Crippen molar-refractivity contribution in [1.29, 1.82) is 0 Å². The Labute approximate surface area is 153 Å². The third kappa shape index (κ3) is 4.23. The molecule has 2 rings (SSSR count). The van der Waals surface area contributed by atoms with Gasteiger partial charge in [0.25, 0.3) is 0 Å². The lowest BCUT2D eigenvalue weighted by molar-refractivity contribution is 0.461. The first-order chi connectivity index (χ1) is 11.2. The fourth-order valence-corrected chi connectivity index (χ4v) is 2.75. The lowest BCUT2D eigenvalue weighted by Crippen LogP contribution is -2.11. The Morgan fingerprint density at radius 1 is 1.08 bits per heavy atom. The van der Waals surface area contributed by atoms with Crippen LogP contribution < -0.4 is 0 Å². The molecule has 0 amide bonds. The Hall–Kier alpha value is -1.68. The number of hydrogen-bond donors (Lipinski definition) is 1. The summed E-state index contributed by atoms with van der Waals surface area (Å²) in [6.07, 6.45) is 0.960. The summed E-state index contributed by atoms with van der Waals surface area (Å²) in [7, 11) is 0. The van der Waals surface area contributed by atoms with Gasteiger partial charge in [0.15, 0.2) is 0 Å². The second kappa shape index (κ2) is 7.47. The van der Waals surface area contributed by atoms with Crippen LogP contribution in [0.5, 0.6) is 5.75 Å². The van der Waals surface area contributed by atoms with Crippen LogP contribution in [0.2, 0.25) is 0 Å². The van der Waals surface area contributed by atoms with Gasteiger partial charge in [-0.1, -0.05) is 52.8 Å². The first-order valence-corrected chi connectivity index (χ1v) is 9.07. The van der Waals surface area contributed by atoms with Crippen molar-refractivity contribution >= 4 is 27.3 Å². The summed E-state index contributed by atoms with van der Waals surface area (Å²) in [4.78, 5) is 0. The van der Waals surface area contributed by atoms with Gasteiger partial charge in [-0.2, -0.15) is 0 Å². The van der Waals surface area contributed by atoms with Gasteiger partial charge in [0.2, 0.25) is 0 Å². The number of halogens is 1. The van der Waals surface area contributed by atoms with E-state index in [0.29, 0.717) is 5.69 Å². The largest absolute Gasteiger partial charge is 0.505 e. The van der Waals surface area contributed by atoms with Crippen molar-refractivity contribution < 1.29 is 5.11 Å². The minimum Gasteiger partial charge on any atom is -0.505 e. The average Bonchev–Trinajstić information content (AvgIpc) is 2.53. The molecule has 0 fully saturated rings. The van der Waals surface area contributed by atoms with E-state index in [-0.39, 0.29) is 17.1 Å². The van der Waals surface area contributed by atoms with Crippen molar-refractivity contribution in [2.45, 2.75) is 52.4 Å². The average molecular weight is 389 g/mol. The van der Waals surface area contributed by atoms with Gasteiger partial charge in [-0.05, 0) is 63.0 Å². The maximum absolute atomic E-state index is 10.7. The molecule has 0 radical (unpaired) electrons. The van der Waals surface area contributed by atoms with E-state index in [0.717, 1.165) is 27.7 Å². The molecular weight excluding hydrogens is 364 g/mol. The summed E-state index contributed by atoms with van der Waals surface area (Å²) in [5.41, 5.74) is 3.33. The molecule has 1 atom stereocenters. The fourth-order valence-electron chi connectivity index (χ4n) is 2.39. The number of hydrogen-bond acceptors (Lipinski definition) is 3. The van der Waals surface area contributed by atoms with Crippen LogP contribution in [-0.4, -0.2) is 5.11 Å². The molecule has 0 aliphatic rings. The Kier molecular flexibility index (Phi) is 5.81. The minimum atomic E-state index is -0.0203. The molecule has 4 heteroatoms. The highest BCUT2D eigenvalue weighted by Gasteiger charge is 2.21. The summed E-state index contributed by atoms with van der Waals surface area (Å²) < 4.78 is 0.877. The maximum Gasteiger partial charge on any atom is 0.146 e. The van der Waals surface area contributed by atoms with E-state index in [1.807, 2.05) is 30.3 Å². The van der Waals surface area contributed by atoms with E-state index >= 15 is 0 Å². The van der Waals surface area contributed by atoms with Crippen molar-refractivity contribution in [1.82, 2.24) is 0 Å². The van der Waals surface area contributed by atoms with Gasteiger partial charge in [0.05, 0.1) is 5.69 Å². The van der Waals surface area contributed by atoms with Crippen LogP contribution in [0.1, 0.15) is 58.1 Å². The highest BCUT2D eigenvalue weighted by atomic mass is 79.9. The topological polar surface area (TPSA) is 45.0 Å². The lowest BCUT2D eigenvalue weighted by Gasteiger charge is -2.23. The molecule has 2 aromatic carbocycles. The van der Waals surface area contributed by atoms with Gasteiger partial charge in [-0.15, -0.1) is 10.2 Å². The zero-order valence-corrected chi connectivity index (χ0v) is 16.6. The summed E-state index contributed by atoms with van der Waals surface area (Å²) >= 11 is 3.47. The molecular formula is C20H25BrN2O. The molecule has 0 aliphatic heterocycles. The van der Waals surface area contributed by atoms with Crippen molar-refractivity contribution in [2.75, 3.05) is 0 Å². The molecule has 0 aromatic heterocycles. The standard InChI is InChI=1S/C20H25BrN2O/c1-6-13(2)15-11-14(20(3,4)5)12-18(19(15)24)23-22-17-10-8-7-9-16(17)21/h7-13,24H,6H2,1-5H3. The van der Waals surface area contributed by atoms with Crippen LogP contribution in [0.4, 0.5) is 11.4 Å². The molecule has 0 aliphatic carbocycles. The van der Waals surface area contributed by atoms with Crippen molar-refractivity contribution in [3.05, 3.63) is 52.0 Å². The van der Waals surface area contributed by atoms with Crippen LogP contribution in [0, 0.1) is 0 Å². The Balaban J connectivity index is 2.54. The summed E-state index contributed by atoms with van der Waals surface area (Å²) in [5, 5.41) is 19.3. The molecule has 0 saturated heterocycles. The van der Waals surface area contributed by atoms with E-state index in [4.69, 9.17) is 0 Å². The molecule has 0 saturated carbocycles. The summed E-state index contributed by atoms with van der Waals surface area (Å²) in [6, 6.07) is 11.7. The van der Waals surface area contributed by atoms with Crippen molar-refractivity contribution in [3.63, 3.8) is 0 Å². The maximum atomic E-state index is 10.7. The molecule has 2 aromatic rings. The first kappa shape index (κ1) is 18.7. The second-order valence-electron chi connectivity index (χ2n) is 7.14. The molecule has 1 N–H and O–H groups in total. The highest BCUT2D eigenvalue weighted by Crippen LogP contribution is 2.41. The number of aromatic hydroxyl groups is 1. The number of benzene rings is 2. The first-order valence-electron chi connectivity index (χ1n) is 8.27. The Bertz CT molecular complexity index is 748. The molecule has 24 heavy (non-hydrogen) atoms. The predicted molar refractivity (Wildman–Crippen MR) is 104 cm³/mol. The summed E-state index contributed by atoms with van der Waals surface area (Å²) in [6.45, 7) is 10.7. The smallest absolute Gasteiger partial charge is 0.146 e. The second-order valence-corrected chi connectivity index (χ2v) is 8.00. The Morgan fingerprint density at radius 3 is 2.29 bits per heavy atom. The van der Waals surface area contributed by atoms with Gasteiger partial charge >= 0.3 is 0 Å². The van der Waals surface area contributed by atoms with Gasteiger partial charge in [-0.25, -0.2) is 0 Å². The van der Waals surface area contributed by atoms with Crippen LogP contribution in [0.25, 0.3) is 0 Å². The summed E-state index contributed by atoms with van der Waals surface area (Å²) in [5.74, 6) is 0.498. The SMILES string of the molecule is CCC(C)c1cc(C(C)(C)C)cc(N=Nc2ccccc2Br)c1O. The number of rotatable bonds is 4. The van der Waals surface area contributed by atoms with E-state index in [1.165, 1.54) is 0 Å². The van der Waals surface area contributed by atoms with Gasteiger partial charge < -0.3 is 5.11 Å². The van der Waals surface area contributed by atoms with E-state index in [1.54, 1.807) is 0 Å². The van der Waals surface area contributed by atoms with E-state index in [2.05, 4.69) is 66.8 Å². The third-order valence-electron chi connectivity index (χ3n) is 4.25. The van der Waals surface area contributed by atoms with Crippen molar-refractivity contribution in [3.8, 4) is 5.75 Å². The normalized spacial score (nSPS) is 13.4. The molecule has 0 heterocycles. The highest BCUT2D eigenvalue weighted by molar-refractivity contribution is 9.10. The predicted octanol–water partition coefficient (Wildman–Crippen LogP) is 7.38. The fraction of sp³-hybridized carbons (Fsp3) is 0.400. The van der Waals surface area contributed by atoms with Crippen LogP contribution >= 0.6 is 15.9 Å². The molecule has 1 unspecified atom stereocenters. The van der Waals surface area contributed by atoms with Gasteiger partial charge in [0, 0.05) is 4.47 Å². The third-order valence-corrected chi connectivity index (χ3v) is 4.92. The van der Waals surface area contributed by atoms with Crippen LogP contribution in [-0.2, 0) is 5.41 Å². The zero-order chi connectivity index (χ0) is 17.9. The van der Waals surface area contributed by atoms with Gasteiger partial charge in [0.1, 0.15) is 11.4 Å². The monoisotopic (exact) mass is 388 g/mol. The molecule has 128 valence electrons.